The number of ether oxygens (including phenoxy) is 1. The molecule has 0 atom stereocenters. The standard InChI is InChI=1S/C22H22N2O3/c1-2-13-27-20-12-11-15(17-9-6-10-18(17)20)14-19-21(25)23-24(22(19)26)16-7-4-3-5-8-16/h3-5,7-8,11-12,14H,2,6,9-10,13H2,1H3,(H,23,25). The Morgan fingerprint density at radius 3 is 2.63 bits per heavy atom. The first-order valence-electron chi connectivity index (χ1n) is 9.38. The summed E-state index contributed by atoms with van der Waals surface area (Å²) in [7, 11) is 0. The zero-order valence-corrected chi connectivity index (χ0v) is 15.3. The first kappa shape index (κ1) is 17.3. The van der Waals surface area contributed by atoms with Crippen molar-refractivity contribution >= 4 is 23.6 Å². The van der Waals surface area contributed by atoms with E-state index >= 15 is 0 Å². The van der Waals surface area contributed by atoms with Crippen LogP contribution in [0, 0.1) is 0 Å². The van der Waals surface area contributed by atoms with Gasteiger partial charge in [-0.2, -0.15) is 0 Å². The van der Waals surface area contributed by atoms with Crippen LogP contribution in [0.1, 0.15) is 36.5 Å². The van der Waals surface area contributed by atoms with Crippen LogP contribution < -0.4 is 15.2 Å². The predicted octanol–water partition coefficient (Wildman–Crippen LogP) is 3.43. The van der Waals surface area contributed by atoms with Gasteiger partial charge in [0.15, 0.2) is 0 Å². The lowest BCUT2D eigenvalue weighted by Crippen LogP contribution is -2.35. The van der Waals surface area contributed by atoms with E-state index in [-0.39, 0.29) is 17.4 Å². The van der Waals surface area contributed by atoms with Crippen LogP contribution in [0.4, 0.5) is 5.69 Å². The van der Waals surface area contributed by atoms with E-state index in [4.69, 9.17) is 4.74 Å². The predicted molar refractivity (Wildman–Crippen MR) is 104 cm³/mol. The quantitative estimate of drug-likeness (QED) is 0.655. The van der Waals surface area contributed by atoms with Gasteiger partial charge in [-0.15, -0.1) is 0 Å². The molecule has 1 aliphatic heterocycles. The summed E-state index contributed by atoms with van der Waals surface area (Å²) in [6.45, 7) is 2.78. The van der Waals surface area contributed by atoms with Gasteiger partial charge in [0.25, 0.3) is 11.8 Å². The SMILES string of the molecule is CCCOc1ccc(C=C2C(=O)NN(c3ccccc3)C2=O)c2c1CCC2. The molecule has 2 aromatic rings. The van der Waals surface area contributed by atoms with E-state index in [1.807, 2.05) is 30.3 Å². The molecular formula is C22H22N2O3. The molecule has 1 fully saturated rings. The molecule has 0 bridgehead atoms. The minimum absolute atomic E-state index is 0.162. The van der Waals surface area contributed by atoms with E-state index in [0.717, 1.165) is 37.0 Å². The molecule has 0 spiro atoms. The molecule has 2 aromatic carbocycles. The summed E-state index contributed by atoms with van der Waals surface area (Å²) in [5.74, 6) is 0.228. The highest BCUT2D eigenvalue weighted by Gasteiger charge is 2.34. The highest BCUT2D eigenvalue weighted by atomic mass is 16.5. The second kappa shape index (κ2) is 7.27. The van der Waals surface area contributed by atoms with Crippen molar-refractivity contribution in [2.45, 2.75) is 32.6 Å². The Morgan fingerprint density at radius 2 is 1.85 bits per heavy atom. The Morgan fingerprint density at radius 1 is 1.07 bits per heavy atom. The molecule has 2 amide bonds. The molecule has 5 heteroatoms. The van der Waals surface area contributed by atoms with E-state index < -0.39 is 0 Å². The normalized spacial score (nSPS) is 17.4. The third-order valence-corrected chi connectivity index (χ3v) is 4.95. The Hall–Kier alpha value is -3.08. The molecular weight excluding hydrogens is 340 g/mol. The van der Waals surface area contributed by atoms with Gasteiger partial charge in [0.05, 0.1) is 12.3 Å². The van der Waals surface area contributed by atoms with E-state index in [1.165, 1.54) is 16.1 Å². The van der Waals surface area contributed by atoms with Crippen molar-refractivity contribution in [1.29, 1.82) is 0 Å². The van der Waals surface area contributed by atoms with E-state index in [1.54, 1.807) is 18.2 Å². The molecule has 27 heavy (non-hydrogen) atoms. The van der Waals surface area contributed by atoms with Gasteiger partial charge >= 0.3 is 0 Å². The Labute approximate surface area is 158 Å². The molecule has 1 saturated heterocycles. The maximum Gasteiger partial charge on any atom is 0.282 e. The number of benzene rings is 2. The van der Waals surface area contributed by atoms with Crippen LogP contribution in [0.25, 0.3) is 6.08 Å². The third kappa shape index (κ3) is 3.21. The van der Waals surface area contributed by atoms with Gasteiger partial charge in [-0.3, -0.25) is 15.0 Å². The number of carbonyl (C=O) groups is 2. The smallest absolute Gasteiger partial charge is 0.282 e. The lowest BCUT2D eigenvalue weighted by Gasteiger charge is -2.14. The van der Waals surface area contributed by atoms with Gasteiger partial charge in [0.2, 0.25) is 0 Å². The van der Waals surface area contributed by atoms with E-state index in [9.17, 15) is 9.59 Å². The molecule has 2 aliphatic rings. The summed E-state index contributed by atoms with van der Waals surface area (Å²) in [4.78, 5) is 25.2. The zero-order valence-electron chi connectivity index (χ0n) is 15.3. The molecule has 5 nitrogen and oxygen atoms in total. The van der Waals surface area contributed by atoms with Crippen LogP contribution in [0.5, 0.6) is 5.75 Å². The van der Waals surface area contributed by atoms with Gasteiger partial charge in [0.1, 0.15) is 11.3 Å². The molecule has 0 aromatic heterocycles. The number of hydrogen-bond donors (Lipinski definition) is 1. The highest BCUT2D eigenvalue weighted by Crippen LogP contribution is 2.35. The summed E-state index contributed by atoms with van der Waals surface area (Å²) >= 11 is 0. The van der Waals surface area contributed by atoms with Crippen LogP contribution in [0.15, 0.2) is 48.0 Å². The van der Waals surface area contributed by atoms with Gasteiger partial charge in [-0.05, 0) is 66.6 Å². The van der Waals surface area contributed by atoms with Crippen LogP contribution >= 0.6 is 0 Å². The first-order valence-corrected chi connectivity index (χ1v) is 9.38. The number of hydrazine groups is 1. The first-order chi connectivity index (χ1) is 13.2. The van der Waals surface area contributed by atoms with E-state index in [0.29, 0.717) is 12.3 Å². The minimum atomic E-state index is -0.373. The molecule has 1 N–H and O–H groups in total. The maximum absolute atomic E-state index is 12.8. The van der Waals surface area contributed by atoms with Crippen molar-refractivity contribution in [3.63, 3.8) is 0 Å². The lowest BCUT2D eigenvalue weighted by molar-refractivity contribution is -0.117. The number of amides is 2. The van der Waals surface area contributed by atoms with Crippen molar-refractivity contribution in [2.75, 3.05) is 11.6 Å². The molecule has 4 rings (SSSR count). The van der Waals surface area contributed by atoms with Crippen LogP contribution in [-0.2, 0) is 22.4 Å². The average Bonchev–Trinajstić information content (AvgIpc) is 3.29. The number of hydrogen-bond acceptors (Lipinski definition) is 3. The van der Waals surface area contributed by atoms with Gasteiger partial charge in [-0.25, -0.2) is 5.01 Å². The fraction of sp³-hybridized carbons (Fsp3) is 0.273. The molecule has 1 aliphatic carbocycles. The van der Waals surface area contributed by atoms with Crippen molar-refractivity contribution in [2.24, 2.45) is 0 Å². The highest BCUT2D eigenvalue weighted by molar-refractivity contribution is 6.31. The summed E-state index contributed by atoms with van der Waals surface area (Å²) in [6.07, 6.45) is 5.66. The molecule has 1 heterocycles. The number of nitrogens with zero attached hydrogens (tertiary/aromatic N) is 1. The Kier molecular flexibility index (Phi) is 4.67. The largest absolute Gasteiger partial charge is 0.493 e. The lowest BCUT2D eigenvalue weighted by atomic mass is 10.00. The van der Waals surface area contributed by atoms with Gasteiger partial charge < -0.3 is 4.74 Å². The number of anilines is 1. The Bertz CT molecular complexity index is 919. The fourth-order valence-corrected chi connectivity index (χ4v) is 3.66. The molecule has 138 valence electrons. The van der Waals surface area contributed by atoms with Crippen molar-refractivity contribution in [1.82, 2.24) is 5.43 Å². The summed E-state index contributed by atoms with van der Waals surface area (Å²) in [5, 5.41) is 1.30. The Balaban J connectivity index is 1.67. The number of fused-ring (bicyclic) bond motifs is 1. The van der Waals surface area contributed by atoms with Crippen LogP contribution in [0.3, 0.4) is 0 Å². The van der Waals surface area contributed by atoms with Gasteiger partial charge in [-0.1, -0.05) is 31.2 Å². The van der Waals surface area contributed by atoms with Crippen molar-refractivity contribution < 1.29 is 14.3 Å². The average molecular weight is 362 g/mol. The molecule has 0 radical (unpaired) electrons. The van der Waals surface area contributed by atoms with Crippen LogP contribution in [-0.4, -0.2) is 18.4 Å². The summed E-state index contributed by atoms with van der Waals surface area (Å²) < 4.78 is 5.86. The minimum Gasteiger partial charge on any atom is -0.493 e. The molecule has 0 unspecified atom stereocenters. The third-order valence-electron chi connectivity index (χ3n) is 4.95. The second-order valence-electron chi connectivity index (χ2n) is 6.79. The van der Waals surface area contributed by atoms with Crippen LogP contribution in [0.2, 0.25) is 0 Å². The number of carbonyl (C=O) groups excluding carboxylic acids is 2. The number of para-hydroxylation sites is 1. The molecule has 0 saturated carbocycles. The van der Waals surface area contributed by atoms with E-state index in [2.05, 4.69) is 12.3 Å². The topological polar surface area (TPSA) is 58.6 Å². The van der Waals surface area contributed by atoms with Gasteiger partial charge in [0, 0.05) is 0 Å². The maximum atomic E-state index is 12.8. The second-order valence-corrected chi connectivity index (χ2v) is 6.79. The summed E-state index contributed by atoms with van der Waals surface area (Å²) in [6, 6.07) is 13.0. The summed E-state index contributed by atoms with van der Waals surface area (Å²) in [5.41, 5.74) is 6.79. The number of rotatable bonds is 5. The monoisotopic (exact) mass is 362 g/mol. The fourth-order valence-electron chi connectivity index (χ4n) is 3.66. The number of nitrogens with one attached hydrogen (secondary N) is 1. The zero-order chi connectivity index (χ0) is 18.8. The van der Waals surface area contributed by atoms with Crippen molar-refractivity contribution in [3.05, 3.63) is 64.7 Å². The van der Waals surface area contributed by atoms with Crippen molar-refractivity contribution in [3.8, 4) is 5.75 Å².